The zero-order valence-corrected chi connectivity index (χ0v) is 23.6. The third-order valence-electron chi connectivity index (χ3n) is 7.58. The minimum absolute atomic E-state index is 0.0452. The molecule has 2 aliphatic heterocycles. The Morgan fingerprint density at radius 3 is 1.57 bits per heavy atom. The summed E-state index contributed by atoms with van der Waals surface area (Å²) < 4.78 is 26.9. The molecule has 0 atom stereocenters. The van der Waals surface area contributed by atoms with Crippen molar-refractivity contribution in [2.45, 2.75) is 9.79 Å². The number of fused-ring (bicyclic) bond motifs is 2. The molecule has 5 aromatic carbocycles. The van der Waals surface area contributed by atoms with Crippen LogP contribution in [0.1, 0.15) is 41.4 Å². The van der Waals surface area contributed by atoms with Gasteiger partial charge in [-0.2, -0.15) is 0 Å². The number of nitrogens with one attached hydrogen (secondary N) is 1. The second kappa shape index (κ2) is 10.1. The standard InChI is InChI=1S/C34H21N3O6S/c38-31-27-17-15-25(19-29(27)32(39)35-31)44(42,43)26-16-18-28-30(20-26)34(41)37(33(28)40)24-13-11-23(12-14-24)36(21-7-3-1-4-8-21)22-9-5-2-6-10-22/h1-20H,(H,35,38,39). The lowest BCUT2D eigenvalue weighted by atomic mass is 10.1. The average Bonchev–Trinajstić information content (AvgIpc) is 3.48. The largest absolute Gasteiger partial charge is 0.311 e. The van der Waals surface area contributed by atoms with Crippen molar-refractivity contribution in [1.82, 2.24) is 5.32 Å². The van der Waals surface area contributed by atoms with Gasteiger partial charge in [-0.15, -0.1) is 0 Å². The highest BCUT2D eigenvalue weighted by Crippen LogP contribution is 2.37. The van der Waals surface area contributed by atoms with Crippen LogP contribution in [0.2, 0.25) is 0 Å². The summed E-state index contributed by atoms with van der Waals surface area (Å²) in [5.74, 6) is -2.51. The minimum Gasteiger partial charge on any atom is -0.311 e. The van der Waals surface area contributed by atoms with Crippen molar-refractivity contribution in [3.8, 4) is 0 Å². The highest BCUT2D eigenvalue weighted by Gasteiger charge is 2.38. The summed E-state index contributed by atoms with van der Waals surface area (Å²) in [6.45, 7) is 0. The van der Waals surface area contributed by atoms with Crippen LogP contribution < -0.4 is 15.1 Å². The lowest BCUT2D eigenvalue weighted by Crippen LogP contribution is -2.29. The van der Waals surface area contributed by atoms with Gasteiger partial charge >= 0.3 is 0 Å². The summed E-state index contributed by atoms with van der Waals surface area (Å²) in [6.07, 6.45) is 0. The van der Waals surface area contributed by atoms with Gasteiger partial charge in [0, 0.05) is 17.1 Å². The molecule has 0 unspecified atom stereocenters. The van der Waals surface area contributed by atoms with E-state index in [4.69, 9.17) is 0 Å². The quantitative estimate of drug-likeness (QED) is 0.250. The number of para-hydroxylation sites is 2. The fourth-order valence-corrected chi connectivity index (χ4v) is 6.74. The molecule has 5 aromatic rings. The van der Waals surface area contributed by atoms with Gasteiger partial charge in [-0.3, -0.25) is 24.5 Å². The Hall–Kier alpha value is -5.87. The SMILES string of the molecule is O=C1NC(=O)c2cc(S(=O)(=O)c3ccc4c(c3)C(=O)N(c3ccc(N(c5ccccc5)c5ccccc5)cc3)C4=O)ccc21. The van der Waals surface area contributed by atoms with E-state index < -0.39 is 33.5 Å². The molecule has 0 fully saturated rings. The highest BCUT2D eigenvalue weighted by atomic mass is 32.2. The van der Waals surface area contributed by atoms with E-state index in [0.29, 0.717) is 5.69 Å². The summed E-state index contributed by atoms with van der Waals surface area (Å²) in [7, 11) is -4.19. The van der Waals surface area contributed by atoms with Crippen LogP contribution in [-0.4, -0.2) is 32.0 Å². The molecule has 10 heteroatoms. The Balaban J connectivity index is 1.20. The summed E-state index contributed by atoms with van der Waals surface area (Å²) in [5.41, 5.74) is 3.06. The van der Waals surface area contributed by atoms with E-state index in [1.807, 2.05) is 77.7 Å². The van der Waals surface area contributed by atoms with Gasteiger partial charge in [-0.25, -0.2) is 13.3 Å². The third kappa shape index (κ3) is 4.27. The maximum Gasteiger partial charge on any atom is 0.266 e. The van der Waals surface area contributed by atoms with E-state index in [-0.39, 0.29) is 32.0 Å². The number of rotatable bonds is 6. The maximum absolute atomic E-state index is 13.5. The summed E-state index contributed by atoms with van der Waals surface area (Å²) in [4.78, 5) is 53.5. The van der Waals surface area contributed by atoms with Crippen LogP contribution in [0.4, 0.5) is 22.7 Å². The van der Waals surface area contributed by atoms with E-state index in [1.54, 1.807) is 12.1 Å². The molecule has 0 radical (unpaired) electrons. The van der Waals surface area contributed by atoms with Crippen molar-refractivity contribution in [1.29, 1.82) is 0 Å². The number of hydrogen-bond donors (Lipinski definition) is 1. The van der Waals surface area contributed by atoms with Gasteiger partial charge in [0.2, 0.25) is 9.84 Å². The van der Waals surface area contributed by atoms with Gasteiger partial charge < -0.3 is 4.90 Å². The van der Waals surface area contributed by atoms with E-state index >= 15 is 0 Å². The first-order valence-corrected chi connectivity index (χ1v) is 15.0. The van der Waals surface area contributed by atoms with Gasteiger partial charge in [-0.05, 0) is 84.9 Å². The predicted octanol–water partition coefficient (Wildman–Crippen LogP) is 5.67. The van der Waals surface area contributed by atoms with Crippen LogP contribution in [-0.2, 0) is 9.84 Å². The number of carbonyl (C=O) groups is 4. The zero-order valence-electron chi connectivity index (χ0n) is 22.8. The summed E-state index contributed by atoms with van der Waals surface area (Å²) in [5, 5.41) is 2.13. The molecule has 0 saturated heterocycles. The normalized spacial score (nSPS) is 14.0. The molecule has 2 aliphatic rings. The van der Waals surface area contributed by atoms with Crippen molar-refractivity contribution >= 4 is 56.2 Å². The second-order valence-corrected chi connectivity index (χ2v) is 12.1. The smallest absolute Gasteiger partial charge is 0.266 e. The molecule has 0 aromatic heterocycles. The topological polar surface area (TPSA) is 121 Å². The number of anilines is 4. The van der Waals surface area contributed by atoms with Crippen molar-refractivity contribution in [2.75, 3.05) is 9.80 Å². The first-order valence-electron chi connectivity index (χ1n) is 13.5. The van der Waals surface area contributed by atoms with Crippen LogP contribution in [0.15, 0.2) is 131 Å². The molecule has 0 aliphatic carbocycles. The van der Waals surface area contributed by atoms with E-state index in [9.17, 15) is 27.6 Å². The van der Waals surface area contributed by atoms with E-state index in [1.165, 1.54) is 30.3 Å². The molecule has 2 heterocycles. The third-order valence-corrected chi connectivity index (χ3v) is 9.33. The molecule has 0 bridgehead atoms. The first kappa shape index (κ1) is 27.0. The number of nitrogens with zero attached hydrogens (tertiary/aromatic N) is 2. The van der Waals surface area contributed by atoms with E-state index in [0.717, 1.165) is 28.0 Å². The number of sulfone groups is 1. The Kier molecular flexibility index (Phi) is 6.22. The number of hydrogen-bond acceptors (Lipinski definition) is 7. The van der Waals surface area contributed by atoms with Crippen LogP contribution in [0.25, 0.3) is 0 Å². The van der Waals surface area contributed by atoms with Gasteiger partial charge in [0.1, 0.15) is 0 Å². The predicted molar refractivity (Wildman–Crippen MR) is 162 cm³/mol. The number of amides is 4. The number of benzene rings is 5. The lowest BCUT2D eigenvalue weighted by Gasteiger charge is -2.26. The van der Waals surface area contributed by atoms with Crippen LogP contribution in [0, 0.1) is 0 Å². The lowest BCUT2D eigenvalue weighted by molar-refractivity contribution is 0.0874. The van der Waals surface area contributed by atoms with Gasteiger partial charge in [-0.1, -0.05) is 36.4 Å². The molecular formula is C34H21N3O6S. The van der Waals surface area contributed by atoms with Crippen molar-refractivity contribution < 1.29 is 27.6 Å². The molecule has 44 heavy (non-hydrogen) atoms. The molecule has 7 rings (SSSR count). The number of imide groups is 2. The number of carbonyl (C=O) groups excluding carboxylic acids is 4. The van der Waals surface area contributed by atoms with Crippen LogP contribution >= 0.6 is 0 Å². The minimum atomic E-state index is -4.19. The molecular weight excluding hydrogens is 578 g/mol. The maximum atomic E-state index is 13.5. The van der Waals surface area contributed by atoms with Crippen molar-refractivity contribution in [3.63, 3.8) is 0 Å². The first-order chi connectivity index (χ1) is 21.2. The molecule has 214 valence electrons. The molecule has 0 spiro atoms. The van der Waals surface area contributed by atoms with Crippen LogP contribution in [0.3, 0.4) is 0 Å². The molecule has 0 saturated carbocycles. The monoisotopic (exact) mass is 599 g/mol. The molecule has 1 N–H and O–H groups in total. The summed E-state index contributed by atoms with van der Waals surface area (Å²) in [6, 6.07) is 33.9. The Morgan fingerprint density at radius 2 is 0.977 bits per heavy atom. The van der Waals surface area contributed by atoms with Gasteiger partial charge in [0.25, 0.3) is 23.6 Å². The highest BCUT2D eigenvalue weighted by molar-refractivity contribution is 7.91. The van der Waals surface area contributed by atoms with Crippen molar-refractivity contribution in [2.24, 2.45) is 0 Å². The van der Waals surface area contributed by atoms with E-state index in [2.05, 4.69) is 5.32 Å². The van der Waals surface area contributed by atoms with Gasteiger partial charge in [0.05, 0.1) is 37.7 Å². The molecule has 4 amide bonds. The van der Waals surface area contributed by atoms with Crippen molar-refractivity contribution in [3.05, 3.63) is 144 Å². The Bertz CT molecular complexity index is 2090. The Labute approximate surface area is 251 Å². The second-order valence-electron chi connectivity index (χ2n) is 10.2. The van der Waals surface area contributed by atoms with Gasteiger partial charge in [0.15, 0.2) is 0 Å². The average molecular weight is 600 g/mol. The zero-order chi connectivity index (χ0) is 30.6. The fourth-order valence-electron chi connectivity index (χ4n) is 5.42. The fraction of sp³-hybridized carbons (Fsp3) is 0. The molecule has 9 nitrogen and oxygen atoms in total. The van der Waals surface area contributed by atoms with Crippen LogP contribution in [0.5, 0.6) is 0 Å². The summed E-state index contributed by atoms with van der Waals surface area (Å²) >= 11 is 0. The Morgan fingerprint density at radius 1 is 0.500 bits per heavy atom.